The normalized spacial score (nSPS) is 11.2. The third-order valence-electron chi connectivity index (χ3n) is 2.03. The van der Waals surface area contributed by atoms with E-state index >= 15 is 0 Å². The van der Waals surface area contributed by atoms with E-state index in [-0.39, 0.29) is 30.2 Å². The van der Waals surface area contributed by atoms with Gasteiger partial charge in [-0.3, -0.25) is 0 Å². The number of nitrogens with zero attached hydrogens (tertiary/aromatic N) is 1. The molecule has 1 rings (SSSR count). The second-order valence-corrected chi connectivity index (χ2v) is 3.34. The number of nitrogens with two attached hydrogens (primary N) is 2. The number of anilines is 1. The van der Waals surface area contributed by atoms with Crippen LogP contribution in [-0.2, 0) is 11.3 Å². The molecule has 0 saturated carbocycles. The van der Waals surface area contributed by atoms with Crippen LogP contribution in [0, 0.1) is 0 Å². The molecule has 0 saturated heterocycles. The number of halogens is 3. The van der Waals surface area contributed by atoms with E-state index in [2.05, 4.69) is 14.5 Å². The molecule has 19 heavy (non-hydrogen) atoms. The predicted octanol–water partition coefficient (Wildman–Crippen LogP) is 1.20. The summed E-state index contributed by atoms with van der Waals surface area (Å²) in [5, 5.41) is 0. The van der Waals surface area contributed by atoms with Gasteiger partial charge < -0.3 is 20.9 Å². The van der Waals surface area contributed by atoms with Gasteiger partial charge in [-0.25, -0.2) is 9.78 Å². The molecule has 0 unspecified atom stereocenters. The van der Waals surface area contributed by atoms with Gasteiger partial charge in [0.05, 0.1) is 12.2 Å². The average Bonchev–Trinajstić information content (AvgIpc) is 2.26. The number of esters is 1. The fourth-order valence-electron chi connectivity index (χ4n) is 1.30. The summed E-state index contributed by atoms with van der Waals surface area (Å²) < 4.78 is 45.1. The Morgan fingerprint density at radius 1 is 1.47 bits per heavy atom. The van der Waals surface area contributed by atoms with E-state index in [1.807, 2.05) is 0 Å². The number of hydrogen-bond acceptors (Lipinski definition) is 6. The highest BCUT2D eigenvalue weighted by Crippen LogP contribution is 2.29. The molecule has 1 heterocycles. The molecule has 4 N–H and O–H groups in total. The van der Waals surface area contributed by atoms with Crippen LogP contribution in [0.15, 0.2) is 6.07 Å². The second-order valence-electron chi connectivity index (χ2n) is 3.34. The number of rotatable bonds is 4. The Morgan fingerprint density at radius 3 is 2.58 bits per heavy atom. The molecule has 6 nitrogen and oxygen atoms in total. The highest BCUT2D eigenvalue weighted by atomic mass is 19.4. The van der Waals surface area contributed by atoms with Crippen LogP contribution < -0.4 is 16.2 Å². The van der Waals surface area contributed by atoms with Crippen LogP contribution >= 0.6 is 0 Å². The Kier molecular flexibility index (Phi) is 4.54. The fourth-order valence-corrected chi connectivity index (χ4v) is 1.30. The topological polar surface area (TPSA) is 100 Å². The standard InChI is InChI=1S/C10H12F3N3O3/c1-2-18-9(17)6-3-7(19-10(11,12)13)5(4-14)8(15)16-6/h3H,2,4,14H2,1H3,(H2,15,16). The van der Waals surface area contributed by atoms with Crippen LogP contribution in [0.25, 0.3) is 0 Å². The van der Waals surface area contributed by atoms with Gasteiger partial charge in [0.15, 0.2) is 5.69 Å². The summed E-state index contributed by atoms with van der Waals surface area (Å²) in [6.45, 7) is 1.28. The first-order valence-corrected chi connectivity index (χ1v) is 5.20. The Hall–Kier alpha value is -2.03. The van der Waals surface area contributed by atoms with Crippen LogP contribution in [0.3, 0.4) is 0 Å². The van der Waals surface area contributed by atoms with E-state index in [9.17, 15) is 18.0 Å². The molecule has 106 valence electrons. The molecule has 0 aromatic carbocycles. The van der Waals surface area contributed by atoms with Gasteiger partial charge in [-0.2, -0.15) is 0 Å². The maximum absolute atomic E-state index is 12.2. The fraction of sp³-hybridized carbons (Fsp3) is 0.400. The number of pyridine rings is 1. The lowest BCUT2D eigenvalue weighted by atomic mass is 10.2. The largest absolute Gasteiger partial charge is 0.573 e. The molecule has 1 aromatic rings. The number of nitrogen functional groups attached to an aromatic ring is 1. The number of hydrogen-bond donors (Lipinski definition) is 2. The van der Waals surface area contributed by atoms with E-state index in [1.54, 1.807) is 6.92 Å². The van der Waals surface area contributed by atoms with Crippen LogP contribution in [0.1, 0.15) is 23.0 Å². The summed E-state index contributed by atoms with van der Waals surface area (Å²) in [5.41, 5.74) is 10.2. The maximum atomic E-state index is 12.2. The first-order valence-electron chi connectivity index (χ1n) is 5.20. The summed E-state index contributed by atoms with van der Waals surface area (Å²) in [4.78, 5) is 15.0. The van der Waals surface area contributed by atoms with Crippen molar-refractivity contribution in [2.75, 3.05) is 12.3 Å². The SMILES string of the molecule is CCOC(=O)c1cc(OC(F)(F)F)c(CN)c(N)n1. The predicted molar refractivity (Wildman–Crippen MR) is 59.2 cm³/mol. The molecule has 0 bridgehead atoms. The first-order chi connectivity index (χ1) is 8.78. The van der Waals surface area contributed by atoms with E-state index in [0.717, 1.165) is 6.07 Å². The molecule has 0 aliphatic rings. The molecule has 1 aromatic heterocycles. The van der Waals surface area contributed by atoms with Crippen molar-refractivity contribution < 1.29 is 27.4 Å². The number of ether oxygens (including phenoxy) is 2. The lowest BCUT2D eigenvalue weighted by molar-refractivity contribution is -0.274. The average molecular weight is 279 g/mol. The number of aromatic nitrogens is 1. The van der Waals surface area contributed by atoms with E-state index < -0.39 is 18.1 Å². The second kappa shape index (κ2) is 5.74. The zero-order chi connectivity index (χ0) is 14.6. The minimum absolute atomic E-state index is 0.0501. The quantitative estimate of drug-likeness (QED) is 0.803. The van der Waals surface area contributed by atoms with Crippen molar-refractivity contribution in [3.63, 3.8) is 0 Å². The zero-order valence-corrected chi connectivity index (χ0v) is 9.95. The Balaban J connectivity index is 3.22. The van der Waals surface area contributed by atoms with Gasteiger partial charge in [-0.05, 0) is 6.92 Å². The van der Waals surface area contributed by atoms with Crippen molar-refractivity contribution in [1.29, 1.82) is 0 Å². The Labute approximate surface area is 106 Å². The van der Waals surface area contributed by atoms with Gasteiger partial charge in [0, 0.05) is 12.6 Å². The summed E-state index contributed by atoms with van der Waals surface area (Å²) in [5.74, 6) is -1.87. The van der Waals surface area contributed by atoms with Gasteiger partial charge in [0.25, 0.3) is 0 Å². The molecule has 0 amide bonds. The lowest BCUT2D eigenvalue weighted by Gasteiger charge is -2.14. The lowest BCUT2D eigenvalue weighted by Crippen LogP contribution is -2.21. The third-order valence-corrected chi connectivity index (χ3v) is 2.03. The van der Waals surface area contributed by atoms with Crippen LogP contribution in [0.5, 0.6) is 5.75 Å². The van der Waals surface area contributed by atoms with Crippen molar-refractivity contribution in [2.45, 2.75) is 19.8 Å². The van der Waals surface area contributed by atoms with Crippen molar-refractivity contribution in [2.24, 2.45) is 5.73 Å². The molecule has 0 spiro atoms. The summed E-state index contributed by atoms with van der Waals surface area (Å²) in [7, 11) is 0. The van der Waals surface area contributed by atoms with E-state index in [0.29, 0.717) is 0 Å². The number of carbonyl (C=O) groups is 1. The van der Waals surface area contributed by atoms with Crippen LogP contribution in [0.4, 0.5) is 19.0 Å². The number of carbonyl (C=O) groups excluding carboxylic acids is 1. The molecular weight excluding hydrogens is 267 g/mol. The zero-order valence-electron chi connectivity index (χ0n) is 9.95. The molecule has 9 heteroatoms. The Morgan fingerprint density at radius 2 is 2.11 bits per heavy atom. The van der Waals surface area contributed by atoms with Gasteiger partial charge >= 0.3 is 12.3 Å². The monoisotopic (exact) mass is 279 g/mol. The first kappa shape index (κ1) is 15.0. The highest BCUT2D eigenvalue weighted by molar-refractivity contribution is 5.88. The summed E-state index contributed by atoms with van der Waals surface area (Å²) >= 11 is 0. The molecule has 0 radical (unpaired) electrons. The van der Waals surface area contributed by atoms with Gasteiger partial charge in [0.1, 0.15) is 11.6 Å². The van der Waals surface area contributed by atoms with Gasteiger partial charge in [-0.15, -0.1) is 13.2 Å². The van der Waals surface area contributed by atoms with Crippen molar-refractivity contribution in [1.82, 2.24) is 4.98 Å². The van der Waals surface area contributed by atoms with Crippen LogP contribution in [0.2, 0.25) is 0 Å². The molecule has 0 aliphatic heterocycles. The number of alkyl halides is 3. The summed E-state index contributed by atoms with van der Waals surface area (Å²) in [6.07, 6.45) is -4.93. The van der Waals surface area contributed by atoms with E-state index in [4.69, 9.17) is 11.5 Å². The minimum Gasteiger partial charge on any atom is -0.461 e. The van der Waals surface area contributed by atoms with Crippen molar-refractivity contribution in [3.8, 4) is 5.75 Å². The highest BCUT2D eigenvalue weighted by Gasteiger charge is 2.33. The van der Waals surface area contributed by atoms with E-state index in [1.165, 1.54) is 0 Å². The smallest absolute Gasteiger partial charge is 0.461 e. The molecule has 0 atom stereocenters. The molecule has 0 aliphatic carbocycles. The molecular formula is C10H12F3N3O3. The maximum Gasteiger partial charge on any atom is 0.573 e. The summed E-state index contributed by atoms with van der Waals surface area (Å²) in [6, 6.07) is 0.796. The Bertz CT molecular complexity index is 477. The third kappa shape index (κ3) is 3.98. The minimum atomic E-state index is -4.93. The molecule has 0 fully saturated rings. The van der Waals surface area contributed by atoms with Crippen LogP contribution in [-0.4, -0.2) is 23.9 Å². The van der Waals surface area contributed by atoms with Crippen molar-refractivity contribution >= 4 is 11.8 Å². The van der Waals surface area contributed by atoms with Gasteiger partial charge in [-0.1, -0.05) is 0 Å². The van der Waals surface area contributed by atoms with Crippen molar-refractivity contribution in [3.05, 3.63) is 17.3 Å². The van der Waals surface area contributed by atoms with Gasteiger partial charge in [0.2, 0.25) is 0 Å².